The predicted octanol–water partition coefficient (Wildman–Crippen LogP) is 4.66. The van der Waals surface area contributed by atoms with Crippen LogP contribution in [0.3, 0.4) is 0 Å². The Bertz CT molecular complexity index is 966. The molecule has 0 heterocycles. The van der Waals surface area contributed by atoms with E-state index in [1.54, 1.807) is 72.8 Å². The van der Waals surface area contributed by atoms with Crippen molar-refractivity contribution in [2.24, 2.45) is 0 Å². The maximum Gasteiger partial charge on any atom is 0.255 e. The summed E-state index contributed by atoms with van der Waals surface area (Å²) in [5, 5.41) is 3.20. The number of hydrogen-bond acceptors (Lipinski definition) is 3. The van der Waals surface area contributed by atoms with E-state index in [-0.39, 0.29) is 11.3 Å². The highest BCUT2D eigenvalue weighted by Crippen LogP contribution is 2.19. The number of anilines is 1. The normalized spacial score (nSPS) is 10.2. The van der Waals surface area contributed by atoms with E-state index in [0.29, 0.717) is 16.1 Å². The molecule has 3 rings (SSSR count). The zero-order valence-corrected chi connectivity index (χ0v) is 14.4. The van der Waals surface area contributed by atoms with Gasteiger partial charge in [0, 0.05) is 21.7 Å². The Morgan fingerprint density at radius 3 is 1.96 bits per heavy atom. The van der Waals surface area contributed by atoms with Crippen LogP contribution in [0, 0.1) is 0 Å². The molecule has 0 aromatic heterocycles. The summed E-state index contributed by atoms with van der Waals surface area (Å²) in [5.74, 6) is -1.70. The standard InChI is InChI=1S/C21H14ClNO3/c22-16-12-10-15(11-13-16)21(26)23-18-9-5-4-8-17(18)20(25)19(24)14-6-2-1-3-7-14/h1-13H,(H,23,26). The van der Waals surface area contributed by atoms with Gasteiger partial charge in [-0.25, -0.2) is 0 Å². The van der Waals surface area contributed by atoms with Gasteiger partial charge in [0.05, 0.1) is 5.69 Å². The number of nitrogens with one attached hydrogen (secondary N) is 1. The summed E-state index contributed by atoms with van der Waals surface area (Å²) in [7, 11) is 0. The van der Waals surface area contributed by atoms with Crippen molar-refractivity contribution in [1.29, 1.82) is 0 Å². The second-order valence-electron chi connectivity index (χ2n) is 5.53. The fourth-order valence-electron chi connectivity index (χ4n) is 2.43. The molecule has 0 radical (unpaired) electrons. The van der Waals surface area contributed by atoms with Crippen LogP contribution in [0.2, 0.25) is 5.02 Å². The SMILES string of the molecule is O=C(Nc1ccccc1C(=O)C(=O)c1ccccc1)c1ccc(Cl)cc1. The molecule has 1 amide bonds. The molecule has 0 aliphatic carbocycles. The molecule has 0 fully saturated rings. The number of ketones is 2. The number of carbonyl (C=O) groups excluding carboxylic acids is 3. The summed E-state index contributed by atoms with van der Waals surface area (Å²) in [5.41, 5.74) is 1.12. The molecule has 1 N–H and O–H groups in total. The largest absolute Gasteiger partial charge is 0.321 e. The summed E-state index contributed by atoms with van der Waals surface area (Å²) in [4.78, 5) is 37.4. The Morgan fingerprint density at radius 1 is 0.654 bits per heavy atom. The van der Waals surface area contributed by atoms with Gasteiger partial charge in [0.2, 0.25) is 11.6 Å². The van der Waals surface area contributed by atoms with E-state index in [1.807, 2.05) is 0 Å². The van der Waals surface area contributed by atoms with Gasteiger partial charge >= 0.3 is 0 Å². The van der Waals surface area contributed by atoms with Crippen LogP contribution in [0.15, 0.2) is 78.9 Å². The minimum atomic E-state index is -0.678. The number of hydrogen-bond donors (Lipinski definition) is 1. The third-order valence-corrected chi connectivity index (χ3v) is 4.02. The first-order chi connectivity index (χ1) is 12.6. The van der Waals surface area contributed by atoms with Gasteiger partial charge in [-0.2, -0.15) is 0 Å². The third-order valence-electron chi connectivity index (χ3n) is 3.77. The van der Waals surface area contributed by atoms with Crippen LogP contribution >= 0.6 is 11.6 Å². The summed E-state index contributed by atoms with van der Waals surface area (Å²) < 4.78 is 0. The van der Waals surface area contributed by atoms with Gasteiger partial charge in [-0.1, -0.05) is 54.1 Å². The first-order valence-electron chi connectivity index (χ1n) is 7.86. The van der Waals surface area contributed by atoms with E-state index < -0.39 is 17.5 Å². The van der Waals surface area contributed by atoms with Crippen LogP contribution in [-0.2, 0) is 0 Å². The van der Waals surface area contributed by atoms with E-state index in [2.05, 4.69) is 5.32 Å². The fourth-order valence-corrected chi connectivity index (χ4v) is 2.55. The topological polar surface area (TPSA) is 63.2 Å². The van der Waals surface area contributed by atoms with Crippen molar-refractivity contribution in [1.82, 2.24) is 0 Å². The van der Waals surface area contributed by atoms with Crippen LogP contribution in [0.1, 0.15) is 31.1 Å². The van der Waals surface area contributed by atoms with E-state index in [1.165, 1.54) is 6.07 Å². The second kappa shape index (κ2) is 7.76. The van der Waals surface area contributed by atoms with Gasteiger partial charge in [0.25, 0.3) is 5.91 Å². The quantitative estimate of drug-likeness (QED) is 0.529. The molecule has 0 atom stereocenters. The van der Waals surface area contributed by atoms with E-state index in [4.69, 9.17) is 11.6 Å². The maximum absolute atomic E-state index is 12.6. The van der Waals surface area contributed by atoms with Crippen molar-refractivity contribution in [2.45, 2.75) is 0 Å². The van der Waals surface area contributed by atoms with Gasteiger partial charge in [0.15, 0.2) is 0 Å². The van der Waals surface area contributed by atoms with Crippen LogP contribution in [0.4, 0.5) is 5.69 Å². The van der Waals surface area contributed by atoms with Crippen LogP contribution < -0.4 is 5.32 Å². The highest BCUT2D eigenvalue weighted by atomic mass is 35.5. The van der Waals surface area contributed by atoms with E-state index in [9.17, 15) is 14.4 Å². The van der Waals surface area contributed by atoms with Crippen LogP contribution in [0.25, 0.3) is 0 Å². The molecule has 3 aromatic rings. The average molecular weight is 364 g/mol. The van der Waals surface area contributed by atoms with Gasteiger partial charge < -0.3 is 5.32 Å². The summed E-state index contributed by atoms with van der Waals surface area (Å²) in [6.45, 7) is 0. The molecule has 3 aromatic carbocycles. The highest BCUT2D eigenvalue weighted by Gasteiger charge is 2.21. The minimum absolute atomic E-state index is 0.142. The van der Waals surface area contributed by atoms with Crippen molar-refractivity contribution in [3.05, 3.63) is 101 Å². The number of Topliss-reactive ketones (excluding diaryl/α,β-unsaturated/α-hetero) is 2. The predicted molar refractivity (Wildman–Crippen MR) is 101 cm³/mol. The smallest absolute Gasteiger partial charge is 0.255 e. The van der Waals surface area contributed by atoms with E-state index in [0.717, 1.165) is 0 Å². The van der Waals surface area contributed by atoms with Crippen LogP contribution in [0.5, 0.6) is 0 Å². The lowest BCUT2D eigenvalue weighted by molar-refractivity contribution is 0.0817. The summed E-state index contributed by atoms with van der Waals surface area (Å²) in [6, 6.07) is 21.1. The molecule has 4 nitrogen and oxygen atoms in total. The average Bonchev–Trinajstić information content (AvgIpc) is 2.68. The molecule has 0 bridgehead atoms. The zero-order valence-electron chi connectivity index (χ0n) is 13.6. The van der Waals surface area contributed by atoms with Crippen molar-refractivity contribution in [3.63, 3.8) is 0 Å². The molecule has 0 unspecified atom stereocenters. The number of rotatable bonds is 5. The molecule has 0 saturated heterocycles. The zero-order chi connectivity index (χ0) is 18.5. The maximum atomic E-state index is 12.6. The second-order valence-corrected chi connectivity index (χ2v) is 5.97. The molecular weight excluding hydrogens is 350 g/mol. The number of benzene rings is 3. The van der Waals surface area contributed by atoms with Gasteiger partial charge in [-0.3, -0.25) is 14.4 Å². The Labute approximate surface area is 155 Å². The molecule has 0 aliphatic rings. The molecule has 0 aliphatic heterocycles. The van der Waals surface area contributed by atoms with Crippen molar-refractivity contribution < 1.29 is 14.4 Å². The number of carbonyl (C=O) groups is 3. The Morgan fingerprint density at radius 2 is 1.27 bits per heavy atom. The lowest BCUT2D eigenvalue weighted by Crippen LogP contribution is -2.19. The number of para-hydroxylation sites is 1. The first kappa shape index (κ1) is 17.6. The molecule has 0 saturated carbocycles. The molecule has 0 spiro atoms. The lowest BCUT2D eigenvalue weighted by atomic mass is 10.00. The molecular formula is C21H14ClNO3. The lowest BCUT2D eigenvalue weighted by Gasteiger charge is -2.10. The van der Waals surface area contributed by atoms with Crippen LogP contribution in [-0.4, -0.2) is 17.5 Å². The van der Waals surface area contributed by atoms with Crippen molar-refractivity contribution in [2.75, 3.05) is 5.32 Å². The molecule has 5 heteroatoms. The van der Waals surface area contributed by atoms with Gasteiger partial charge in [-0.15, -0.1) is 0 Å². The van der Waals surface area contributed by atoms with Gasteiger partial charge in [0.1, 0.15) is 0 Å². The monoisotopic (exact) mass is 363 g/mol. The summed E-state index contributed by atoms with van der Waals surface area (Å²) in [6.07, 6.45) is 0. The number of halogens is 1. The van der Waals surface area contributed by atoms with Gasteiger partial charge in [-0.05, 0) is 36.4 Å². The van der Waals surface area contributed by atoms with Crippen molar-refractivity contribution in [3.8, 4) is 0 Å². The Hall–Kier alpha value is -3.24. The highest BCUT2D eigenvalue weighted by molar-refractivity contribution is 6.50. The molecule has 128 valence electrons. The molecule has 26 heavy (non-hydrogen) atoms. The number of amides is 1. The van der Waals surface area contributed by atoms with Crippen molar-refractivity contribution >= 4 is 34.8 Å². The first-order valence-corrected chi connectivity index (χ1v) is 8.24. The Balaban J connectivity index is 1.86. The summed E-state index contributed by atoms with van der Waals surface area (Å²) >= 11 is 5.82. The fraction of sp³-hybridized carbons (Fsp3) is 0. The minimum Gasteiger partial charge on any atom is -0.321 e. The van der Waals surface area contributed by atoms with E-state index >= 15 is 0 Å². The third kappa shape index (κ3) is 3.87. The Kier molecular flexibility index (Phi) is 5.25.